The zero-order valence-corrected chi connectivity index (χ0v) is 21.3. The summed E-state index contributed by atoms with van der Waals surface area (Å²) in [6.07, 6.45) is 1.14. The molecule has 0 saturated heterocycles. The number of benzene rings is 3. The average molecular weight is 525 g/mol. The van der Waals surface area contributed by atoms with E-state index in [9.17, 15) is 18.0 Å². The molecule has 0 unspecified atom stereocenters. The first-order chi connectivity index (χ1) is 17.7. The lowest BCUT2D eigenvalue weighted by Crippen LogP contribution is -2.32. The van der Waals surface area contributed by atoms with Gasteiger partial charge in [-0.05, 0) is 72.1 Å². The van der Waals surface area contributed by atoms with E-state index in [1.807, 2.05) is 6.07 Å². The molecule has 5 rings (SSSR count). The van der Waals surface area contributed by atoms with Gasteiger partial charge in [0.2, 0.25) is 0 Å². The summed E-state index contributed by atoms with van der Waals surface area (Å²) in [5.41, 5.74) is 3.55. The van der Waals surface area contributed by atoms with Crippen LogP contribution in [0.2, 0.25) is 5.02 Å². The Labute approximate surface area is 219 Å². The van der Waals surface area contributed by atoms with Crippen molar-refractivity contribution < 1.29 is 18.0 Å². The van der Waals surface area contributed by atoms with Crippen LogP contribution in [0.25, 0.3) is 10.9 Å². The van der Waals surface area contributed by atoms with Crippen LogP contribution in [0, 0.1) is 0 Å². The van der Waals surface area contributed by atoms with E-state index in [4.69, 9.17) is 11.6 Å². The van der Waals surface area contributed by atoms with Gasteiger partial charge in [0.1, 0.15) is 0 Å². The van der Waals surface area contributed by atoms with Crippen molar-refractivity contribution in [1.29, 1.82) is 0 Å². The second-order valence-electron chi connectivity index (χ2n) is 9.90. The molecule has 1 aliphatic rings. The quantitative estimate of drug-likeness (QED) is 0.248. The lowest BCUT2D eigenvalue weighted by Gasteiger charge is -2.24. The van der Waals surface area contributed by atoms with Crippen molar-refractivity contribution in [3.05, 3.63) is 106 Å². The van der Waals surface area contributed by atoms with Crippen LogP contribution in [0.3, 0.4) is 0 Å². The fourth-order valence-corrected chi connectivity index (χ4v) is 5.30. The van der Waals surface area contributed by atoms with Gasteiger partial charge in [0.25, 0.3) is 5.91 Å². The first-order valence-electron chi connectivity index (χ1n) is 12.5. The zero-order chi connectivity index (χ0) is 26.2. The number of carbonyl (C=O) groups is 1. The number of nitrogens with zero attached hydrogens (tertiary/aromatic N) is 1. The maximum Gasteiger partial charge on any atom is 0.416 e. The molecule has 0 bridgehead atoms. The first kappa shape index (κ1) is 25.4. The number of alkyl halides is 3. The molecule has 4 aromatic rings. The number of nitrogens with one attached hydrogen (secondary N) is 1. The highest BCUT2D eigenvalue weighted by molar-refractivity contribution is 6.32. The van der Waals surface area contributed by atoms with Crippen molar-refractivity contribution in [3.8, 4) is 0 Å². The summed E-state index contributed by atoms with van der Waals surface area (Å²) in [5, 5.41) is 1.28. The zero-order valence-electron chi connectivity index (χ0n) is 20.5. The molecule has 7 heteroatoms. The summed E-state index contributed by atoms with van der Waals surface area (Å²) < 4.78 is 39.7. The van der Waals surface area contributed by atoms with Gasteiger partial charge in [0.15, 0.2) is 0 Å². The largest absolute Gasteiger partial charge is 0.416 e. The summed E-state index contributed by atoms with van der Waals surface area (Å²) >= 11 is 6.31. The molecule has 0 radical (unpaired) electrons. The van der Waals surface area contributed by atoms with E-state index in [0.29, 0.717) is 34.6 Å². The predicted molar refractivity (Wildman–Crippen MR) is 141 cm³/mol. The smallest absolute Gasteiger partial charge is 0.361 e. The number of H-pyrrole nitrogens is 1. The van der Waals surface area contributed by atoms with Gasteiger partial charge < -0.3 is 9.88 Å². The Kier molecular flexibility index (Phi) is 6.80. The lowest BCUT2D eigenvalue weighted by atomic mass is 9.92. The Morgan fingerprint density at radius 2 is 1.78 bits per heavy atom. The van der Waals surface area contributed by atoms with Crippen LogP contribution in [0.15, 0.2) is 72.9 Å². The van der Waals surface area contributed by atoms with Crippen molar-refractivity contribution in [2.45, 2.75) is 50.7 Å². The van der Waals surface area contributed by atoms with Crippen molar-refractivity contribution >= 4 is 28.4 Å². The van der Waals surface area contributed by atoms with Gasteiger partial charge in [-0.25, -0.2) is 0 Å². The predicted octanol–water partition coefficient (Wildman–Crippen LogP) is 8.17. The number of rotatable bonds is 8. The number of carbonyl (C=O) groups excluding carboxylic acids is 1. The minimum atomic E-state index is -4.41. The Morgan fingerprint density at radius 3 is 2.46 bits per heavy atom. The molecule has 0 aliphatic heterocycles. The topological polar surface area (TPSA) is 36.1 Å². The minimum Gasteiger partial charge on any atom is -0.361 e. The lowest BCUT2D eigenvalue weighted by molar-refractivity contribution is -0.137. The van der Waals surface area contributed by atoms with Crippen molar-refractivity contribution in [2.75, 3.05) is 6.54 Å². The highest BCUT2D eigenvalue weighted by Gasteiger charge is 2.42. The van der Waals surface area contributed by atoms with Crippen LogP contribution in [0.1, 0.15) is 58.8 Å². The molecule has 1 saturated carbocycles. The standard InChI is InChI=1S/C30H28ClF3N2O/c1-2-29(12-13-29)23-8-6-21(7-9-23)19-36(15-11-20-4-3-5-24(16-20)30(32,33)34)28(37)26-18-25(31)17-22-10-14-35-27(22)26/h3-10,14,16-18,35H,2,11-13,15,19H2,1H3. The highest BCUT2D eigenvalue weighted by atomic mass is 35.5. The van der Waals surface area contributed by atoms with Crippen molar-refractivity contribution in [3.63, 3.8) is 0 Å². The van der Waals surface area contributed by atoms with E-state index >= 15 is 0 Å². The van der Waals surface area contributed by atoms with Crippen LogP contribution in [0.4, 0.5) is 13.2 Å². The Hall–Kier alpha value is -3.25. The number of amides is 1. The summed E-state index contributed by atoms with van der Waals surface area (Å²) in [4.78, 5) is 18.6. The number of fused-ring (bicyclic) bond motifs is 1. The van der Waals surface area contributed by atoms with Crippen LogP contribution >= 0.6 is 11.6 Å². The van der Waals surface area contributed by atoms with Gasteiger partial charge in [0.05, 0.1) is 16.6 Å². The van der Waals surface area contributed by atoms with Gasteiger partial charge in [-0.3, -0.25) is 4.79 Å². The summed E-state index contributed by atoms with van der Waals surface area (Å²) in [5.74, 6) is -0.224. The maximum absolute atomic E-state index is 13.8. The molecule has 37 heavy (non-hydrogen) atoms. The van der Waals surface area contributed by atoms with Crippen LogP contribution in [-0.2, 0) is 24.6 Å². The van der Waals surface area contributed by atoms with Crippen molar-refractivity contribution in [1.82, 2.24) is 9.88 Å². The Balaban J connectivity index is 1.43. The van der Waals surface area contributed by atoms with E-state index in [1.54, 1.807) is 29.3 Å². The first-order valence-corrected chi connectivity index (χ1v) is 12.9. The van der Waals surface area contributed by atoms with Crippen LogP contribution in [-0.4, -0.2) is 22.3 Å². The second-order valence-corrected chi connectivity index (χ2v) is 10.3. The molecule has 1 fully saturated rings. The molecule has 0 spiro atoms. The normalized spacial score (nSPS) is 14.6. The number of aromatic nitrogens is 1. The number of aromatic amines is 1. The van der Waals surface area contributed by atoms with E-state index in [0.717, 1.165) is 29.5 Å². The Morgan fingerprint density at radius 1 is 1.03 bits per heavy atom. The molecular formula is C30H28ClF3N2O. The van der Waals surface area contributed by atoms with Crippen LogP contribution < -0.4 is 0 Å². The van der Waals surface area contributed by atoms with Crippen molar-refractivity contribution in [2.24, 2.45) is 0 Å². The molecule has 1 N–H and O–H groups in total. The SMILES string of the molecule is CCC1(c2ccc(CN(CCc3cccc(C(F)(F)F)c3)C(=O)c3cc(Cl)cc4cc[nH]c34)cc2)CC1. The molecule has 3 aromatic carbocycles. The van der Waals surface area contributed by atoms with Gasteiger partial charge >= 0.3 is 6.18 Å². The van der Waals surface area contributed by atoms with Crippen LogP contribution in [0.5, 0.6) is 0 Å². The molecule has 0 atom stereocenters. The third kappa shape index (κ3) is 5.40. The number of hydrogen-bond donors (Lipinski definition) is 1. The fraction of sp³-hybridized carbons (Fsp3) is 0.300. The van der Waals surface area contributed by atoms with Gasteiger partial charge in [-0.1, -0.05) is 61.0 Å². The average Bonchev–Trinajstić information content (AvgIpc) is 3.55. The van der Waals surface area contributed by atoms with E-state index in [2.05, 4.69) is 36.2 Å². The monoisotopic (exact) mass is 524 g/mol. The molecule has 1 aliphatic carbocycles. The molecule has 1 aromatic heterocycles. The van der Waals surface area contributed by atoms with Gasteiger partial charge in [-0.15, -0.1) is 0 Å². The highest BCUT2D eigenvalue weighted by Crippen LogP contribution is 2.50. The molecular weight excluding hydrogens is 497 g/mol. The number of hydrogen-bond acceptors (Lipinski definition) is 1. The van der Waals surface area contributed by atoms with E-state index in [-0.39, 0.29) is 17.9 Å². The third-order valence-electron chi connectivity index (χ3n) is 7.54. The van der Waals surface area contributed by atoms with Gasteiger partial charge in [-0.2, -0.15) is 13.2 Å². The summed E-state index contributed by atoms with van der Waals surface area (Å²) in [7, 11) is 0. The van der Waals surface area contributed by atoms with E-state index < -0.39 is 11.7 Å². The molecule has 3 nitrogen and oxygen atoms in total. The van der Waals surface area contributed by atoms with Gasteiger partial charge in [0, 0.05) is 29.7 Å². The summed E-state index contributed by atoms with van der Waals surface area (Å²) in [6, 6.07) is 19.0. The number of halogens is 4. The molecule has 1 amide bonds. The minimum absolute atomic E-state index is 0.224. The Bertz CT molecular complexity index is 1420. The maximum atomic E-state index is 13.8. The third-order valence-corrected chi connectivity index (χ3v) is 7.75. The molecule has 192 valence electrons. The van der Waals surface area contributed by atoms with E-state index in [1.165, 1.54) is 24.5 Å². The summed E-state index contributed by atoms with van der Waals surface area (Å²) in [6.45, 7) is 2.81. The fourth-order valence-electron chi connectivity index (χ4n) is 5.08. The second kappa shape index (κ2) is 9.90. The molecule has 1 heterocycles.